The van der Waals surface area contributed by atoms with Gasteiger partial charge in [0.1, 0.15) is 0 Å². The summed E-state index contributed by atoms with van der Waals surface area (Å²) in [5, 5.41) is 8.02. The summed E-state index contributed by atoms with van der Waals surface area (Å²) >= 11 is 5.95. The van der Waals surface area contributed by atoms with Gasteiger partial charge in [-0.1, -0.05) is 37.6 Å². The lowest BCUT2D eigenvalue weighted by atomic mass is 9.96. The molecule has 0 spiro atoms. The maximum Gasteiger partial charge on any atom is 0.0406 e. The van der Waals surface area contributed by atoms with Crippen molar-refractivity contribution in [3.8, 4) is 0 Å². The van der Waals surface area contributed by atoms with Crippen LogP contribution in [0, 0.1) is 5.92 Å². The molecule has 2 nitrogen and oxygen atoms in total. The van der Waals surface area contributed by atoms with Crippen molar-refractivity contribution >= 4 is 11.6 Å². The lowest BCUT2D eigenvalue weighted by molar-refractivity contribution is 0.388. The lowest BCUT2D eigenvalue weighted by Crippen LogP contribution is -2.37. The Balaban J connectivity index is 1.96. The molecule has 2 N–H and O–H groups in total. The molecular formula is C15H23ClN2. The Bertz CT molecular complexity index is 355. The topological polar surface area (TPSA) is 24.1 Å². The molecular weight excluding hydrogens is 244 g/mol. The maximum absolute atomic E-state index is 5.95. The van der Waals surface area contributed by atoms with Gasteiger partial charge in [0, 0.05) is 23.7 Å². The Morgan fingerprint density at radius 2 is 2.06 bits per heavy atom. The van der Waals surface area contributed by atoms with E-state index >= 15 is 0 Å². The minimum Gasteiger partial charge on any atom is -0.313 e. The summed E-state index contributed by atoms with van der Waals surface area (Å²) in [6.45, 7) is 6.73. The normalized spacial score (nSPS) is 21.4. The molecule has 0 radical (unpaired) electrons. The van der Waals surface area contributed by atoms with E-state index in [0.29, 0.717) is 18.0 Å². The fourth-order valence-corrected chi connectivity index (χ4v) is 2.73. The Morgan fingerprint density at radius 3 is 2.61 bits per heavy atom. The number of hydrogen-bond acceptors (Lipinski definition) is 2. The average Bonchev–Trinajstić information content (AvgIpc) is 2.84. The standard InChI is InChI=1S/C15H23ClN2/c1-11(2)15(12-5-7-13(16)8-6-12)18-10-14-4-3-9-17-14/h5-8,11,14-15,17-18H,3-4,9-10H2,1-2H3. The lowest BCUT2D eigenvalue weighted by Gasteiger charge is -2.25. The first-order chi connectivity index (χ1) is 8.66. The Hall–Kier alpha value is -0.570. The van der Waals surface area contributed by atoms with Crippen LogP contribution in [0.4, 0.5) is 0 Å². The van der Waals surface area contributed by atoms with Gasteiger partial charge in [-0.25, -0.2) is 0 Å². The Morgan fingerprint density at radius 1 is 1.33 bits per heavy atom. The number of hydrogen-bond donors (Lipinski definition) is 2. The fraction of sp³-hybridized carbons (Fsp3) is 0.600. The summed E-state index contributed by atoms with van der Waals surface area (Å²) < 4.78 is 0. The largest absolute Gasteiger partial charge is 0.313 e. The minimum absolute atomic E-state index is 0.407. The van der Waals surface area contributed by atoms with E-state index in [1.807, 2.05) is 12.1 Å². The molecule has 18 heavy (non-hydrogen) atoms. The van der Waals surface area contributed by atoms with E-state index in [2.05, 4.69) is 36.6 Å². The molecule has 0 amide bonds. The van der Waals surface area contributed by atoms with Gasteiger partial charge in [-0.3, -0.25) is 0 Å². The maximum atomic E-state index is 5.95. The van der Waals surface area contributed by atoms with Gasteiger partial charge in [-0.05, 0) is 43.0 Å². The van der Waals surface area contributed by atoms with E-state index in [1.165, 1.54) is 24.9 Å². The first-order valence-electron chi connectivity index (χ1n) is 6.89. The van der Waals surface area contributed by atoms with Gasteiger partial charge in [0.25, 0.3) is 0 Å². The number of benzene rings is 1. The van der Waals surface area contributed by atoms with Crippen LogP contribution in [0.15, 0.2) is 24.3 Å². The van der Waals surface area contributed by atoms with Gasteiger partial charge in [0.2, 0.25) is 0 Å². The van der Waals surface area contributed by atoms with Crippen LogP contribution in [0.25, 0.3) is 0 Å². The quantitative estimate of drug-likeness (QED) is 0.854. The zero-order valence-corrected chi connectivity index (χ0v) is 12.0. The van der Waals surface area contributed by atoms with Crippen molar-refractivity contribution in [2.45, 2.75) is 38.8 Å². The van der Waals surface area contributed by atoms with Gasteiger partial charge >= 0.3 is 0 Å². The molecule has 1 saturated heterocycles. The molecule has 1 aliphatic rings. The number of nitrogens with one attached hydrogen (secondary N) is 2. The highest BCUT2D eigenvalue weighted by atomic mass is 35.5. The third-order valence-electron chi connectivity index (χ3n) is 3.64. The van der Waals surface area contributed by atoms with E-state index in [9.17, 15) is 0 Å². The first-order valence-corrected chi connectivity index (χ1v) is 7.27. The van der Waals surface area contributed by atoms with Crippen LogP contribution in [0.2, 0.25) is 5.02 Å². The van der Waals surface area contributed by atoms with Crippen LogP contribution >= 0.6 is 11.6 Å². The summed E-state index contributed by atoms with van der Waals surface area (Å²) in [5.74, 6) is 0.576. The molecule has 2 atom stereocenters. The number of rotatable bonds is 5. The Labute approximate surface area is 115 Å². The smallest absolute Gasteiger partial charge is 0.0406 e. The van der Waals surface area contributed by atoms with Crippen molar-refractivity contribution < 1.29 is 0 Å². The highest BCUT2D eigenvalue weighted by Gasteiger charge is 2.19. The van der Waals surface area contributed by atoms with E-state index in [1.54, 1.807) is 0 Å². The summed E-state index contributed by atoms with van der Waals surface area (Å²) in [7, 11) is 0. The SMILES string of the molecule is CC(C)C(NCC1CCCN1)c1ccc(Cl)cc1. The molecule has 1 heterocycles. The third kappa shape index (κ3) is 3.71. The van der Waals surface area contributed by atoms with Gasteiger partial charge in [-0.15, -0.1) is 0 Å². The van der Waals surface area contributed by atoms with Crippen LogP contribution in [-0.4, -0.2) is 19.1 Å². The predicted octanol–water partition coefficient (Wildman–Crippen LogP) is 3.38. The van der Waals surface area contributed by atoms with Crippen molar-refractivity contribution in [2.24, 2.45) is 5.92 Å². The van der Waals surface area contributed by atoms with Crippen LogP contribution in [-0.2, 0) is 0 Å². The molecule has 0 aromatic heterocycles. The highest BCUT2D eigenvalue weighted by molar-refractivity contribution is 6.30. The van der Waals surface area contributed by atoms with E-state index < -0.39 is 0 Å². The van der Waals surface area contributed by atoms with Crippen molar-refractivity contribution in [2.75, 3.05) is 13.1 Å². The predicted molar refractivity (Wildman–Crippen MR) is 78.1 cm³/mol. The Kier molecular flexibility index (Phi) is 5.04. The molecule has 0 saturated carbocycles. The third-order valence-corrected chi connectivity index (χ3v) is 3.89. The fourth-order valence-electron chi connectivity index (χ4n) is 2.61. The monoisotopic (exact) mass is 266 g/mol. The summed E-state index contributed by atoms with van der Waals surface area (Å²) in [6.07, 6.45) is 2.60. The van der Waals surface area contributed by atoms with Gasteiger partial charge in [-0.2, -0.15) is 0 Å². The molecule has 1 aromatic carbocycles. The average molecular weight is 267 g/mol. The van der Waals surface area contributed by atoms with E-state index in [0.717, 1.165) is 11.6 Å². The van der Waals surface area contributed by atoms with Crippen LogP contribution in [0.1, 0.15) is 38.3 Å². The van der Waals surface area contributed by atoms with Crippen molar-refractivity contribution in [1.29, 1.82) is 0 Å². The molecule has 0 bridgehead atoms. The zero-order valence-electron chi connectivity index (χ0n) is 11.2. The van der Waals surface area contributed by atoms with Crippen molar-refractivity contribution in [3.63, 3.8) is 0 Å². The zero-order chi connectivity index (χ0) is 13.0. The van der Waals surface area contributed by atoms with Gasteiger partial charge in [0.05, 0.1) is 0 Å². The first kappa shape index (κ1) is 13.9. The van der Waals surface area contributed by atoms with Crippen LogP contribution < -0.4 is 10.6 Å². The van der Waals surface area contributed by atoms with Crippen molar-refractivity contribution in [1.82, 2.24) is 10.6 Å². The molecule has 2 rings (SSSR count). The molecule has 1 aromatic rings. The molecule has 3 heteroatoms. The van der Waals surface area contributed by atoms with E-state index in [-0.39, 0.29) is 0 Å². The second-order valence-electron chi connectivity index (χ2n) is 5.47. The summed E-state index contributed by atoms with van der Waals surface area (Å²) in [6, 6.07) is 9.25. The van der Waals surface area contributed by atoms with E-state index in [4.69, 9.17) is 11.6 Å². The molecule has 0 aliphatic carbocycles. The molecule has 1 fully saturated rings. The van der Waals surface area contributed by atoms with Crippen LogP contribution in [0.3, 0.4) is 0 Å². The van der Waals surface area contributed by atoms with Gasteiger partial charge < -0.3 is 10.6 Å². The van der Waals surface area contributed by atoms with Crippen molar-refractivity contribution in [3.05, 3.63) is 34.9 Å². The van der Waals surface area contributed by atoms with Gasteiger partial charge in [0.15, 0.2) is 0 Å². The minimum atomic E-state index is 0.407. The molecule has 1 aliphatic heterocycles. The highest BCUT2D eigenvalue weighted by Crippen LogP contribution is 2.23. The summed E-state index contributed by atoms with van der Waals surface area (Å²) in [5.41, 5.74) is 1.33. The second-order valence-corrected chi connectivity index (χ2v) is 5.91. The molecule has 100 valence electrons. The summed E-state index contributed by atoms with van der Waals surface area (Å²) in [4.78, 5) is 0. The number of halogens is 1. The molecule has 2 unspecified atom stereocenters. The van der Waals surface area contributed by atoms with Crippen LogP contribution in [0.5, 0.6) is 0 Å². The second kappa shape index (κ2) is 6.55.